The van der Waals surface area contributed by atoms with E-state index in [4.69, 9.17) is 5.73 Å². The van der Waals surface area contributed by atoms with Crippen molar-refractivity contribution in [3.63, 3.8) is 0 Å². The van der Waals surface area contributed by atoms with E-state index in [1.54, 1.807) is 52.2 Å². The van der Waals surface area contributed by atoms with Gasteiger partial charge in [0.2, 0.25) is 35.4 Å². The van der Waals surface area contributed by atoms with Crippen LogP contribution in [0.4, 0.5) is 0 Å². The van der Waals surface area contributed by atoms with E-state index in [1.807, 2.05) is 64.6 Å². The quantitative estimate of drug-likeness (QED) is 0.0819. The van der Waals surface area contributed by atoms with Crippen LogP contribution in [-0.4, -0.2) is 127 Å². The zero-order valence-electron chi connectivity index (χ0n) is 47.8. The summed E-state index contributed by atoms with van der Waals surface area (Å²) in [6, 6.07) is 19.3. The minimum absolute atomic E-state index is 0.0357. The van der Waals surface area contributed by atoms with E-state index >= 15 is 0 Å². The average molecular weight is 1070 g/mol. The smallest absolute Gasteiger partial charge is 0.246 e. The third kappa shape index (κ3) is 15.9. The van der Waals surface area contributed by atoms with Crippen LogP contribution in [0.25, 0.3) is 0 Å². The molecule has 424 valence electrons. The number of aryl methyl sites for hydroxylation is 2. The summed E-state index contributed by atoms with van der Waals surface area (Å²) in [6.45, 7) is 19.8. The lowest BCUT2D eigenvalue weighted by molar-refractivity contribution is -0.144. The van der Waals surface area contributed by atoms with Crippen molar-refractivity contribution in [2.45, 2.75) is 180 Å². The monoisotopic (exact) mass is 1070 g/mol. The number of nitrogens with zero attached hydrogens (tertiary/aromatic N) is 2. The molecule has 3 aromatic rings. The van der Waals surface area contributed by atoms with E-state index in [1.165, 1.54) is 34.4 Å². The molecule has 78 heavy (non-hydrogen) atoms. The first-order chi connectivity index (χ1) is 36.9. The normalized spacial score (nSPS) is 22.4. The second-order valence-corrected chi connectivity index (χ2v) is 24.0. The second-order valence-electron chi connectivity index (χ2n) is 24.0. The molecular formula is C61H88N10O7. The highest BCUT2D eigenvalue weighted by Gasteiger charge is 2.46. The van der Waals surface area contributed by atoms with Gasteiger partial charge in [0.15, 0.2) is 0 Å². The molecular weight excluding hydrogens is 985 g/mol. The molecule has 0 spiro atoms. The van der Waals surface area contributed by atoms with Crippen LogP contribution < -0.4 is 43.0 Å². The highest BCUT2D eigenvalue weighted by atomic mass is 16.2. The van der Waals surface area contributed by atoms with Crippen molar-refractivity contribution in [1.29, 1.82) is 0 Å². The van der Waals surface area contributed by atoms with E-state index in [0.29, 0.717) is 24.7 Å². The van der Waals surface area contributed by atoms with Gasteiger partial charge in [-0.1, -0.05) is 121 Å². The second kappa shape index (κ2) is 27.0. The summed E-state index contributed by atoms with van der Waals surface area (Å²) in [7, 11) is 3.38. The van der Waals surface area contributed by atoms with Gasteiger partial charge in [-0.3, -0.25) is 28.8 Å². The topological polar surface area (TPSA) is 236 Å². The maximum absolute atomic E-state index is 14.5. The Morgan fingerprint density at radius 3 is 1.64 bits per heavy atom. The molecule has 0 bridgehead atoms. The van der Waals surface area contributed by atoms with Crippen LogP contribution >= 0.6 is 0 Å². The fourth-order valence-electron chi connectivity index (χ4n) is 11.1. The Bertz CT molecular complexity index is 2610. The molecule has 17 heteroatoms. The summed E-state index contributed by atoms with van der Waals surface area (Å²) in [6.07, 6.45) is 7.81. The molecule has 0 aromatic heterocycles. The number of benzene rings is 3. The molecule has 4 unspecified atom stereocenters. The lowest BCUT2D eigenvalue weighted by Crippen LogP contribution is -2.59. The first kappa shape index (κ1) is 60.8. The lowest BCUT2D eigenvalue weighted by Gasteiger charge is -2.39. The van der Waals surface area contributed by atoms with Crippen molar-refractivity contribution < 1.29 is 33.6 Å². The van der Waals surface area contributed by atoms with Crippen LogP contribution in [0.15, 0.2) is 85.1 Å². The highest BCUT2D eigenvalue weighted by molar-refractivity contribution is 5.94. The maximum atomic E-state index is 14.5. The maximum Gasteiger partial charge on any atom is 0.246 e. The number of hydrogen-bond donors (Lipinski definition) is 8. The zero-order valence-corrected chi connectivity index (χ0v) is 47.8. The first-order valence-corrected chi connectivity index (χ1v) is 28.0. The van der Waals surface area contributed by atoms with Crippen molar-refractivity contribution in [3.8, 4) is 0 Å². The Hall–Kier alpha value is -6.43. The van der Waals surface area contributed by atoms with Gasteiger partial charge in [0.05, 0.1) is 43.1 Å². The number of amides is 6. The standard InChI is InChI=1S/C51H75N9O7.C10H13N/c1-30(52-10)46(64)57-44(50(4,5)6)32(3)59-27-36(25-38(59)29-61)54-42(62)23-33-19-21-34(22-20-33)24-43(63)55-37-26-41(48(66)56-40-18-14-16-35-15-12-13-17-39(35)40)60(28-37)49(67)45(51(7,8)9)58-47(65)31(2)53-11;11-10-7-3-5-8-4-1-2-6-9(8)10/h12-13,15,17,19-22,29-31,36-38,40-41,44-45,52-53H,3,14,16,18,23-28H2,1-2,4-11H3,(H,54,62)(H,55,63)(H,56,66)(H,57,64)(H,58,65);1-2,4,6,10H,3,5,7,11H2/t30-,31-,36-,37?,38-,40+,41?,44?,45+;/m0./s1. The molecule has 3 aromatic carbocycles. The Morgan fingerprint density at radius 1 is 0.654 bits per heavy atom. The van der Waals surface area contributed by atoms with Crippen LogP contribution in [-0.2, 0) is 59.2 Å². The molecule has 17 nitrogen and oxygen atoms in total. The highest BCUT2D eigenvalue weighted by Crippen LogP contribution is 2.33. The largest absolute Gasteiger partial charge is 0.362 e. The minimum Gasteiger partial charge on any atom is -0.362 e. The molecule has 2 fully saturated rings. The summed E-state index contributed by atoms with van der Waals surface area (Å²) in [5, 5.41) is 21.2. The van der Waals surface area contributed by atoms with Crippen molar-refractivity contribution in [3.05, 3.63) is 118 Å². The van der Waals surface area contributed by atoms with E-state index in [0.717, 1.165) is 48.7 Å². The molecule has 10 atom stereocenters. The fraction of sp³-hybridized carbons (Fsp3) is 0.557. The number of nitrogens with one attached hydrogen (secondary N) is 7. The lowest BCUT2D eigenvalue weighted by atomic mass is 9.84. The van der Waals surface area contributed by atoms with Gasteiger partial charge < -0.3 is 57.5 Å². The summed E-state index contributed by atoms with van der Waals surface area (Å²) in [4.78, 5) is 97.2. The van der Waals surface area contributed by atoms with Gasteiger partial charge in [0, 0.05) is 36.9 Å². The molecule has 0 radical (unpaired) electrons. The third-order valence-corrected chi connectivity index (χ3v) is 15.9. The zero-order chi connectivity index (χ0) is 57.1. The molecule has 0 saturated carbocycles. The van der Waals surface area contributed by atoms with Crippen molar-refractivity contribution in [2.75, 3.05) is 27.2 Å². The minimum atomic E-state index is -0.934. The average Bonchev–Trinajstić information content (AvgIpc) is 4.03. The van der Waals surface area contributed by atoms with Crippen molar-refractivity contribution in [1.82, 2.24) is 47.0 Å². The SMILES string of the molecule is C=C(C(NC(=O)[C@H](C)NC)C(C)(C)C)N1C[C@@H](NC(=O)Cc2ccc(CC(=O)NC3CC(C(=O)N[C@@H]4CCCc5ccccc54)N(C(=O)[C@@H](NC(=O)[C@H](C)NC)C(C)(C)C)C3)cc2)C[C@H]1C=O.NC1CCCc2ccccc21. The van der Waals surface area contributed by atoms with Crippen molar-refractivity contribution >= 4 is 41.7 Å². The van der Waals surface area contributed by atoms with Gasteiger partial charge in [-0.25, -0.2) is 0 Å². The molecule has 2 aliphatic heterocycles. The van der Waals surface area contributed by atoms with Crippen LogP contribution in [0.1, 0.15) is 139 Å². The molecule has 9 N–H and O–H groups in total. The summed E-state index contributed by atoms with van der Waals surface area (Å²) in [5.41, 5.74) is 12.0. The number of carbonyl (C=O) groups is 7. The Labute approximate surface area is 462 Å². The number of fused-ring (bicyclic) bond motifs is 2. The Morgan fingerprint density at radius 2 is 1.13 bits per heavy atom. The number of aldehydes is 1. The van der Waals surface area contributed by atoms with Gasteiger partial charge in [-0.2, -0.15) is 0 Å². The summed E-state index contributed by atoms with van der Waals surface area (Å²) in [5.74, 6) is -1.71. The first-order valence-electron chi connectivity index (χ1n) is 28.0. The number of hydrogen-bond acceptors (Lipinski definition) is 11. The fourth-order valence-corrected chi connectivity index (χ4v) is 11.1. The summed E-state index contributed by atoms with van der Waals surface area (Å²) >= 11 is 0. The van der Waals surface area contributed by atoms with Crippen LogP contribution in [0, 0.1) is 10.8 Å². The third-order valence-electron chi connectivity index (χ3n) is 15.9. The van der Waals surface area contributed by atoms with Crippen LogP contribution in [0.2, 0.25) is 0 Å². The summed E-state index contributed by atoms with van der Waals surface area (Å²) < 4.78 is 0. The van der Waals surface area contributed by atoms with Gasteiger partial charge in [-0.15, -0.1) is 0 Å². The van der Waals surface area contributed by atoms with Crippen LogP contribution in [0.3, 0.4) is 0 Å². The number of likely N-dealkylation sites (tertiary alicyclic amines) is 2. The number of nitrogens with two attached hydrogens (primary N) is 1. The Kier molecular flexibility index (Phi) is 21.0. The van der Waals surface area contributed by atoms with Gasteiger partial charge >= 0.3 is 0 Å². The predicted octanol–water partition coefficient (Wildman–Crippen LogP) is 4.62. The molecule has 2 saturated heterocycles. The molecule has 7 rings (SSSR count). The van der Waals surface area contributed by atoms with Crippen molar-refractivity contribution in [2.24, 2.45) is 16.6 Å². The number of rotatable bonds is 18. The van der Waals surface area contributed by atoms with E-state index in [9.17, 15) is 33.6 Å². The van der Waals surface area contributed by atoms with Crippen LogP contribution in [0.5, 0.6) is 0 Å². The molecule has 4 aliphatic rings. The van der Waals surface area contributed by atoms with E-state index in [2.05, 4.69) is 74.1 Å². The predicted molar refractivity (Wildman–Crippen MR) is 305 cm³/mol. The van der Waals surface area contributed by atoms with Gasteiger partial charge in [0.1, 0.15) is 18.4 Å². The number of likely N-dealkylation sites (N-methyl/N-ethyl adjacent to an activating group) is 2. The van der Waals surface area contributed by atoms with Gasteiger partial charge in [-0.05, 0) is 124 Å². The van der Waals surface area contributed by atoms with Gasteiger partial charge in [0.25, 0.3) is 0 Å². The van der Waals surface area contributed by atoms with E-state index < -0.39 is 59.0 Å². The Balaban J connectivity index is 0.000000787. The molecule has 2 heterocycles. The molecule has 6 amide bonds. The number of carbonyl (C=O) groups excluding carboxylic acids is 7. The van der Waals surface area contributed by atoms with E-state index in [-0.39, 0.29) is 67.4 Å². The molecule has 2 aliphatic carbocycles.